The number of hydrogen-bond donors (Lipinski definition) is 1. The molecular weight excluding hydrogens is 252 g/mol. The second-order valence-electron chi connectivity index (χ2n) is 6.20. The molecule has 0 radical (unpaired) electrons. The van der Waals surface area contributed by atoms with Gasteiger partial charge < -0.3 is 0 Å². The molecule has 0 aromatic carbocycles. The summed E-state index contributed by atoms with van der Waals surface area (Å²) in [5, 5.41) is 14.0. The lowest BCUT2D eigenvalue weighted by Crippen LogP contribution is -2.44. The molecule has 0 saturated heterocycles. The normalized spacial score (nSPS) is 23.8. The predicted octanol–water partition coefficient (Wildman–Crippen LogP) is 4.26. The van der Waals surface area contributed by atoms with E-state index in [1.807, 2.05) is 0 Å². The Balaban J connectivity index is 1.65. The second kappa shape index (κ2) is 7.55. The molecule has 0 spiro atoms. The Morgan fingerprint density at radius 2 is 1.95 bits per heavy atom. The van der Waals surface area contributed by atoms with Gasteiger partial charge in [0.25, 0.3) is 0 Å². The molecule has 108 valence electrons. The van der Waals surface area contributed by atoms with Crippen LogP contribution < -0.4 is 5.32 Å². The Hall–Kier alpha value is -0.200. The summed E-state index contributed by atoms with van der Waals surface area (Å²) in [6.07, 6.45) is 12.8. The van der Waals surface area contributed by atoms with E-state index < -0.39 is 0 Å². The minimum atomic E-state index is -0.242. The highest BCUT2D eigenvalue weighted by Gasteiger charge is 2.34. The van der Waals surface area contributed by atoms with Gasteiger partial charge in [0.05, 0.1) is 6.07 Å². The Morgan fingerprint density at radius 3 is 2.53 bits per heavy atom. The summed E-state index contributed by atoms with van der Waals surface area (Å²) in [5.41, 5.74) is -0.242. The van der Waals surface area contributed by atoms with Gasteiger partial charge in [-0.2, -0.15) is 17.0 Å². The molecule has 2 rings (SSSR count). The molecule has 1 N–H and O–H groups in total. The second-order valence-corrected chi connectivity index (χ2v) is 7.61. The fraction of sp³-hybridized carbons (Fsp3) is 0.938. The maximum atomic E-state index is 9.48. The first-order valence-electron chi connectivity index (χ1n) is 8.08. The molecule has 1 atom stereocenters. The van der Waals surface area contributed by atoms with Crippen LogP contribution in [0.4, 0.5) is 0 Å². The van der Waals surface area contributed by atoms with Gasteiger partial charge in [-0.05, 0) is 50.7 Å². The maximum absolute atomic E-state index is 9.48. The first-order valence-corrected chi connectivity index (χ1v) is 9.13. The van der Waals surface area contributed by atoms with E-state index in [0.29, 0.717) is 6.04 Å². The lowest BCUT2D eigenvalue weighted by Gasteiger charge is -2.27. The molecular formula is C16H28N2S. The average molecular weight is 280 g/mol. The third-order valence-corrected chi connectivity index (χ3v) is 6.00. The van der Waals surface area contributed by atoms with Gasteiger partial charge in [-0.3, -0.25) is 5.32 Å². The van der Waals surface area contributed by atoms with Gasteiger partial charge in [0.1, 0.15) is 5.54 Å². The molecule has 0 bridgehead atoms. The summed E-state index contributed by atoms with van der Waals surface area (Å²) >= 11 is 2.16. The monoisotopic (exact) mass is 280 g/mol. The van der Waals surface area contributed by atoms with E-state index >= 15 is 0 Å². The molecule has 19 heavy (non-hydrogen) atoms. The van der Waals surface area contributed by atoms with E-state index in [-0.39, 0.29) is 5.54 Å². The third kappa shape index (κ3) is 5.00. The van der Waals surface area contributed by atoms with Crippen molar-refractivity contribution in [2.75, 3.05) is 5.75 Å². The SMILES string of the molecule is CCC(C#N)(CCCSC1CCCCC1)NC1CC1. The number of thioether (sulfide) groups is 1. The number of nitriles is 1. The minimum absolute atomic E-state index is 0.242. The van der Waals surface area contributed by atoms with Crippen LogP contribution in [0.1, 0.15) is 71.1 Å². The molecule has 0 amide bonds. The van der Waals surface area contributed by atoms with Gasteiger partial charge in [-0.25, -0.2) is 0 Å². The summed E-state index contributed by atoms with van der Waals surface area (Å²) < 4.78 is 0. The van der Waals surface area contributed by atoms with Crippen molar-refractivity contribution >= 4 is 11.8 Å². The van der Waals surface area contributed by atoms with Gasteiger partial charge in [-0.15, -0.1) is 0 Å². The van der Waals surface area contributed by atoms with E-state index in [4.69, 9.17) is 0 Å². The predicted molar refractivity (Wildman–Crippen MR) is 83.4 cm³/mol. The zero-order valence-corrected chi connectivity index (χ0v) is 13.1. The maximum Gasteiger partial charge on any atom is 0.106 e. The Labute approximate surface area is 122 Å². The van der Waals surface area contributed by atoms with Crippen LogP contribution in [0.3, 0.4) is 0 Å². The molecule has 0 aliphatic heterocycles. The molecule has 0 heterocycles. The zero-order chi connectivity index (χ0) is 13.6. The molecule has 1 unspecified atom stereocenters. The fourth-order valence-corrected chi connectivity index (χ4v) is 4.30. The highest BCUT2D eigenvalue weighted by atomic mass is 32.2. The van der Waals surface area contributed by atoms with Crippen LogP contribution in [0.25, 0.3) is 0 Å². The third-order valence-electron chi connectivity index (χ3n) is 4.53. The first-order chi connectivity index (χ1) is 9.28. The molecule has 0 aromatic rings. The van der Waals surface area contributed by atoms with Crippen molar-refractivity contribution in [2.45, 2.75) is 88.0 Å². The summed E-state index contributed by atoms with van der Waals surface area (Å²) in [5.74, 6) is 1.24. The van der Waals surface area contributed by atoms with Gasteiger partial charge in [0.15, 0.2) is 0 Å². The van der Waals surface area contributed by atoms with Crippen LogP contribution in [-0.4, -0.2) is 22.6 Å². The molecule has 2 saturated carbocycles. The van der Waals surface area contributed by atoms with Crippen LogP contribution in [0, 0.1) is 11.3 Å². The number of nitrogens with zero attached hydrogens (tertiary/aromatic N) is 1. The summed E-state index contributed by atoms with van der Waals surface area (Å²) in [7, 11) is 0. The first kappa shape index (κ1) is 15.2. The van der Waals surface area contributed by atoms with E-state index in [1.54, 1.807) is 0 Å². The van der Waals surface area contributed by atoms with E-state index in [0.717, 1.165) is 18.1 Å². The van der Waals surface area contributed by atoms with Crippen molar-refractivity contribution in [3.63, 3.8) is 0 Å². The van der Waals surface area contributed by atoms with Gasteiger partial charge in [0, 0.05) is 11.3 Å². The Bertz CT molecular complexity index is 302. The largest absolute Gasteiger partial charge is 0.297 e. The standard InChI is InChI=1S/C16H28N2S/c1-2-16(13-17,18-14-9-10-14)11-6-12-19-15-7-4-3-5-8-15/h14-15,18H,2-12H2,1H3. The van der Waals surface area contributed by atoms with Crippen LogP contribution in [0.15, 0.2) is 0 Å². The lowest BCUT2D eigenvalue weighted by atomic mass is 9.92. The van der Waals surface area contributed by atoms with Crippen molar-refractivity contribution in [3.8, 4) is 6.07 Å². The number of hydrogen-bond acceptors (Lipinski definition) is 3. The summed E-state index contributed by atoms with van der Waals surface area (Å²) in [6, 6.07) is 3.18. The van der Waals surface area contributed by atoms with Crippen LogP contribution in [0.2, 0.25) is 0 Å². The van der Waals surface area contributed by atoms with Crippen LogP contribution in [0.5, 0.6) is 0 Å². The van der Waals surface area contributed by atoms with Gasteiger partial charge >= 0.3 is 0 Å². The molecule has 2 nitrogen and oxygen atoms in total. The number of nitrogens with one attached hydrogen (secondary N) is 1. The quantitative estimate of drug-likeness (QED) is 0.675. The van der Waals surface area contributed by atoms with E-state index in [1.165, 1.54) is 57.1 Å². The van der Waals surface area contributed by atoms with E-state index in [9.17, 15) is 5.26 Å². The van der Waals surface area contributed by atoms with Crippen LogP contribution in [-0.2, 0) is 0 Å². The number of rotatable bonds is 8. The highest BCUT2D eigenvalue weighted by Crippen LogP contribution is 2.30. The van der Waals surface area contributed by atoms with Crippen molar-refractivity contribution in [1.82, 2.24) is 5.32 Å². The smallest absolute Gasteiger partial charge is 0.106 e. The molecule has 0 aromatic heterocycles. The topological polar surface area (TPSA) is 35.8 Å². The summed E-state index contributed by atoms with van der Waals surface area (Å²) in [4.78, 5) is 0. The Kier molecular flexibility index (Phi) is 6.04. The summed E-state index contributed by atoms with van der Waals surface area (Å²) in [6.45, 7) is 2.15. The zero-order valence-electron chi connectivity index (χ0n) is 12.3. The fourth-order valence-electron chi connectivity index (χ4n) is 2.99. The van der Waals surface area contributed by atoms with Crippen LogP contribution >= 0.6 is 11.8 Å². The molecule has 3 heteroatoms. The van der Waals surface area contributed by atoms with E-state index in [2.05, 4.69) is 30.1 Å². The van der Waals surface area contributed by atoms with Crippen molar-refractivity contribution in [1.29, 1.82) is 5.26 Å². The van der Waals surface area contributed by atoms with Crippen molar-refractivity contribution in [2.24, 2.45) is 0 Å². The highest BCUT2D eigenvalue weighted by molar-refractivity contribution is 7.99. The lowest BCUT2D eigenvalue weighted by molar-refractivity contribution is 0.367. The molecule has 2 fully saturated rings. The van der Waals surface area contributed by atoms with Gasteiger partial charge in [-0.1, -0.05) is 26.2 Å². The minimum Gasteiger partial charge on any atom is -0.297 e. The van der Waals surface area contributed by atoms with Crippen molar-refractivity contribution < 1.29 is 0 Å². The molecule has 2 aliphatic carbocycles. The van der Waals surface area contributed by atoms with Gasteiger partial charge in [0.2, 0.25) is 0 Å². The van der Waals surface area contributed by atoms with Crippen molar-refractivity contribution in [3.05, 3.63) is 0 Å². The average Bonchev–Trinajstić information content (AvgIpc) is 3.27. The Morgan fingerprint density at radius 1 is 1.21 bits per heavy atom. The molecule has 2 aliphatic rings.